The highest BCUT2D eigenvalue weighted by molar-refractivity contribution is 5.79. The molecule has 7 heteroatoms. The van der Waals surface area contributed by atoms with Crippen molar-refractivity contribution in [3.8, 4) is 0 Å². The summed E-state index contributed by atoms with van der Waals surface area (Å²) in [7, 11) is 0. The molecule has 4 N–H and O–H groups in total. The number of carboxylic acid groups (broad SMARTS) is 1. The molecule has 0 radical (unpaired) electrons. The van der Waals surface area contributed by atoms with Crippen LogP contribution in [0.3, 0.4) is 0 Å². The molecule has 0 aromatic carbocycles. The van der Waals surface area contributed by atoms with Gasteiger partial charge in [0.1, 0.15) is 11.2 Å². The van der Waals surface area contributed by atoms with Crippen molar-refractivity contribution < 1.29 is 19.4 Å². The van der Waals surface area contributed by atoms with E-state index in [9.17, 15) is 9.90 Å². The van der Waals surface area contributed by atoms with Crippen LogP contribution in [0.2, 0.25) is 0 Å². The molecule has 7 nitrogen and oxygen atoms in total. The molecule has 0 aliphatic carbocycles. The Morgan fingerprint density at radius 2 is 2.13 bits per heavy atom. The van der Waals surface area contributed by atoms with Crippen molar-refractivity contribution >= 4 is 5.97 Å². The molecule has 1 saturated heterocycles. The van der Waals surface area contributed by atoms with E-state index in [1.54, 1.807) is 6.92 Å². The summed E-state index contributed by atoms with van der Waals surface area (Å²) in [5.74, 6) is 0.319. The van der Waals surface area contributed by atoms with E-state index >= 15 is 0 Å². The second kappa shape index (κ2) is 5.42. The lowest BCUT2D eigenvalue weighted by Crippen LogP contribution is -2.65. The minimum Gasteiger partial charge on any atom is -0.481 e. The number of nitrogens with two attached hydrogens (primary N) is 1. The van der Waals surface area contributed by atoms with E-state index in [1.165, 1.54) is 0 Å². The number of carboxylic acids is 1. The van der Waals surface area contributed by atoms with E-state index in [0.717, 1.165) is 12.1 Å². The van der Waals surface area contributed by atoms with Crippen molar-refractivity contribution in [2.75, 3.05) is 26.3 Å². The number of fused-ring (bicyclic) bond motifs is 1. The summed E-state index contributed by atoms with van der Waals surface area (Å²) in [5.41, 5.74) is 5.04. The van der Waals surface area contributed by atoms with Crippen molar-refractivity contribution in [1.29, 1.82) is 0 Å². The predicted molar refractivity (Wildman–Crippen MR) is 83.8 cm³/mol. The zero-order valence-electron chi connectivity index (χ0n) is 13.9. The van der Waals surface area contributed by atoms with Crippen LogP contribution in [0.1, 0.15) is 27.2 Å². The van der Waals surface area contributed by atoms with Gasteiger partial charge in [0.2, 0.25) is 5.88 Å². The van der Waals surface area contributed by atoms with Crippen LogP contribution < -0.4 is 11.1 Å². The number of ether oxygens (including phenoxy) is 2. The number of hydrogen-bond acceptors (Lipinski definition) is 6. The SMILES string of the molecule is CC/C=C1/OC2=C(N3CCOCC3)C1(C)[C@@](C)(C(=O)O)C(N)N2. The zero-order valence-corrected chi connectivity index (χ0v) is 13.9. The number of carbonyl (C=O) groups is 1. The van der Waals surface area contributed by atoms with Crippen molar-refractivity contribution in [2.24, 2.45) is 16.6 Å². The Morgan fingerprint density at radius 1 is 1.48 bits per heavy atom. The summed E-state index contributed by atoms with van der Waals surface area (Å²) in [5, 5.41) is 13.1. The van der Waals surface area contributed by atoms with E-state index < -0.39 is 23.0 Å². The van der Waals surface area contributed by atoms with E-state index in [0.29, 0.717) is 37.9 Å². The summed E-state index contributed by atoms with van der Waals surface area (Å²) >= 11 is 0. The number of morpholine rings is 1. The van der Waals surface area contributed by atoms with Crippen molar-refractivity contribution in [1.82, 2.24) is 10.2 Å². The van der Waals surface area contributed by atoms with E-state index in [4.69, 9.17) is 15.2 Å². The van der Waals surface area contributed by atoms with Crippen LogP contribution in [0.4, 0.5) is 0 Å². The fraction of sp³-hybridized carbons (Fsp3) is 0.688. The summed E-state index contributed by atoms with van der Waals surface area (Å²) < 4.78 is 11.4. The third-order valence-corrected chi connectivity index (χ3v) is 5.50. The summed E-state index contributed by atoms with van der Waals surface area (Å²) in [4.78, 5) is 14.4. The lowest BCUT2D eigenvalue weighted by Gasteiger charge is -2.49. The molecular formula is C16H25N3O4. The van der Waals surface area contributed by atoms with Crippen LogP contribution in [0.15, 0.2) is 23.4 Å². The molecule has 128 valence electrons. The van der Waals surface area contributed by atoms with Crippen LogP contribution in [-0.2, 0) is 14.3 Å². The third-order valence-electron chi connectivity index (χ3n) is 5.50. The summed E-state index contributed by atoms with van der Waals surface area (Å²) in [6, 6.07) is 0. The minimum atomic E-state index is -1.22. The summed E-state index contributed by atoms with van der Waals surface area (Å²) in [6.45, 7) is 8.30. The maximum Gasteiger partial charge on any atom is 0.314 e. The molecule has 0 amide bonds. The third kappa shape index (κ3) is 1.99. The van der Waals surface area contributed by atoms with Gasteiger partial charge in [-0.05, 0) is 26.3 Å². The smallest absolute Gasteiger partial charge is 0.314 e. The minimum absolute atomic E-state index is 0.584. The zero-order chi connectivity index (χ0) is 16.8. The number of rotatable bonds is 3. The van der Waals surface area contributed by atoms with Crippen LogP contribution in [0.5, 0.6) is 0 Å². The van der Waals surface area contributed by atoms with Gasteiger partial charge >= 0.3 is 5.97 Å². The Kier molecular flexibility index (Phi) is 3.80. The molecule has 1 fully saturated rings. The van der Waals surface area contributed by atoms with Gasteiger partial charge in [-0.25, -0.2) is 0 Å². The largest absolute Gasteiger partial charge is 0.481 e. The van der Waals surface area contributed by atoms with Gasteiger partial charge in [0.15, 0.2) is 0 Å². The van der Waals surface area contributed by atoms with Crippen molar-refractivity contribution in [3.05, 3.63) is 23.4 Å². The van der Waals surface area contributed by atoms with Gasteiger partial charge < -0.3 is 30.5 Å². The molecule has 2 unspecified atom stereocenters. The highest BCUT2D eigenvalue weighted by Gasteiger charge is 2.67. The average molecular weight is 323 g/mol. The van der Waals surface area contributed by atoms with Crippen LogP contribution in [0.25, 0.3) is 0 Å². The first-order valence-corrected chi connectivity index (χ1v) is 8.08. The molecule has 3 aliphatic rings. The van der Waals surface area contributed by atoms with Gasteiger partial charge in [-0.3, -0.25) is 4.79 Å². The topological polar surface area (TPSA) is 97.0 Å². The van der Waals surface area contributed by atoms with Gasteiger partial charge in [0.05, 0.1) is 30.5 Å². The Balaban J connectivity index is 2.16. The highest BCUT2D eigenvalue weighted by Crippen LogP contribution is 2.60. The quantitative estimate of drug-likeness (QED) is 0.706. The second-order valence-corrected chi connectivity index (χ2v) is 6.61. The number of nitrogens with one attached hydrogen (secondary N) is 1. The number of nitrogens with zero attached hydrogens (tertiary/aromatic N) is 1. The van der Waals surface area contributed by atoms with Crippen LogP contribution >= 0.6 is 0 Å². The lowest BCUT2D eigenvalue weighted by atomic mass is 9.59. The molecule has 23 heavy (non-hydrogen) atoms. The second-order valence-electron chi connectivity index (χ2n) is 6.61. The van der Waals surface area contributed by atoms with Gasteiger partial charge in [-0.15, -0.1) is 0 Å². The fourth-order valence-electron chi connectivity index (χ4n) is 3.83. The van der Waals surface area contributed by atoms with Crippen LogP contribution in [0, 0.1) is 10.8 Å². The van der Waals surface area contributed by atoms with E-state index in [-0.39, 0.29) is 0 Å². The normalized spacial score (nSPS) is 38.5. The Labute approximate surface area is 136 Å². The first-order chi connectivity index (χ1) is 10.9. The van der Waals surface area contributed by atoms with Crippen molar-refractivity contribution in [2.45, 2.75) is 33.4 Å². The van der Waals surface area contributed by atoms with E-state index in [1.807, 2.05) is 19.9 Å². The molecule has 0 aromatic rings. The number of aliphatic carboxylic acids is 1. The Hall–Kier alpha value is -1.73. The van der Waals surface area contributed by atoms with E-state index in [2.05, 4.69) is 10.2 Å². The van der Waals surface area contributed by atoms with Gasteiger partial charge in [-0.2, -0.15) is 0 Å². The standard InChI is InChI=1S/C16H25N3O4/c1-4-5-10-15(2)11(19-6-8-22-9-7-19)12(23-10)18-13(17)16(15,3)14(20)21/h5,13,18H,4,6-9,17H2,1-3H3,(H,20,21)/b10-5+/t13?,15?,16-/m1/s1. The average Bonchev–Trinajstić information content (AvgIpc) is 2.76. The monoisotopic (exact) mass is 323 g/mol. The predicted octanol–water partition coefficient (Wildman–Crippen LogP) is 0.797. The number of allylic oxidation sites excluding steroid dienone is 1. The van der Waals surface area contributed by atoms with Crippen LogP contribution in [-0.4, -0.2) is 48.4 Å². The van der Waals surface area contributed by atoms with Crippen molar-refractivity contribution in [3.63, 3.8) is 0 Å². The molecule has 3 rings (SSSR count). The Bertz CT molecular complexity index is 582. The molecular weight excluding hydrogens is 298 g/mol. The molecule has 3 atom stereocenters. The molecule has 0 spiro atoms. The molecule has 2 bridgehead atoms. The fourth-order valence-corrected chi connectivity index (χ4v) is 3.83. The number of hydrogen-bond donors (Lipinski definition) is 3. The maximum atomic E-state index is 12.2. The summed E-state index contributed by atoms with van der Waals surface area (Å²) in [6.07, 6.45) is 1.99. The first-order valence-electron chi connectivity index (χ1n) is 8.08. The molecule has 0 aromatic heterocycles. The molecule has 3 aliphatic heterocycles. The van der Waals surface area contributed by atoms with Gasteiger partial charge in [-0.1, -0.05) is 6.92 Å². The van der Waals surface area contributed by atoms with Gasteiger partial charge in [0.25, 0.3) is 0 Å². The molecule has 0 saturated carbocycles. The first kappa shape index (κ1) is 16.1. The lowest BCUT2D eigenvalue weighted by molar-refractivity contribution is -0.157. The molecule has 3 heterocycles. The van der Waals surface area contributed by atoms with Gasteiger partial charge in [0, 0.05) is 13.1 Å². The highest BCUT2D eigenvalue weighted by atomic mass is 16.5. The maximum absolute atomic E-state index is 12.2. The Morgan fingerprint density at radius 3 is 2.70 bits per heavy atom.